The quantitative estimate of drug-likeness (QED) is 0.744. The summed E-state index contributed by atoms with van der Waals surface area (Å²) in [6.07, 6.45) is 0.727. The minimum Gasteiger partial charge on any atom is -0.297 e. The Morgan fingerprint density at radius 2 is 2.40 bits per heavy atom. The van der Waals surface area contributed by atoms with E-state index in [1.54, 1.807) is 11.0 Å². The number of thiophene rings is 1. The van der Waals surface area contributed by atoms with Crippen LogP contribution >= 0.6 is 11.3 Å². The van der Waals surface area contributed by atoms with E-state index in [1.807, 2.05) is 5.38 Å². The second-order valence-corrected chi connectivity index (χ2v) is 4.73. The van der Waals surface area contributed by atoms with Gasteiger partial charge in [0.2, 0.25) is 0 Å². The third-order valence-corrected chi connectivity index (χ3v) is 3.35. The first-order valence-electron chi connectivity index (χ1n) is 4.72. The highest BCUT2D eigenvalue weighted by molar-refractivity contribution is 7.11. The van der Waals surface area contributed by atoms with Crippen LogP contribution in [0, 0.1) is 0 Å². The first-order valence-corrected chi connectivity index (χ1v) is 5.60. The lowest BCUT2D eigenvalue weighted by Crippen LogP contribution is -2.24. The normalized spacial score (nSPS) is 20.7. The van der Waals surface area contributed by atoms with Gasteiger partial charge in [0.1, 0.15) is 0 Å². The van der Waals surface area contributed by atoms with Crippen LogP contribution in [0.2, 0.25) is 0 Å². The van der Waals surface area contributed by atoms with Gasteiger partial charge in [0.05, 0.1) is 11.4 Å². The van der Waals surface area contributed by atoms with Gasteiger partial charge < -0.3 is 0 Å². The van der Waals surface area contributed by atoms with E-state index in [4.69, 9.17) is 0 Å². The summed E-state index contributed by atoms with van der Waals surface area (Å²) >= 11 is 1.35. The highest BCUT2D eigenvalue weighted by Crippen LogP contribution is 2.28. The molecule has 1 aliphatic rings. The second kappa shape index (κ2) is 3.98. The number of halogens is 2. The average molecular weight is 231 g/mol. The second-order valence-electron chi connectivity index (χ2n) is 3.79. The van der Waals surface area contributed by atoms with E-state index in [0.29, 0.717) is 18.0 Å². The lowest BCUT2D eigenvalue weighted by atomic mass is 10.3. The first kappa shape index (κ1) is 10.7. The van der Waals surface area contributed by atoms with Crippen molar-refractivity contribution in [1.82, 2.24) is 4.90 Å². The van der Waals surface area contributed by atoms with E-state index in [-0.39, 0.29) is 13.0 Å². The van der Waals surface area contributed by atoms with Crippen molar-refractivity contribution in [3.8, 4) is 0 Å². The number of nitrogens with zero attached hydrogens (tertiary/aromatic N) is 1. The van der Waals surface area contributed by atoms with Gasteiger partial charge in [-0.2, -0.15) is 0 Å². The smallest absolute Gasteiger partial charge is 0.261 e. The Balaban J connectivity index is 1.95. The summed E-state index contributed by atoms with van der Waals surface area (Å²) in [5.41, 5.74) is 0.944. The van der Waals surface area contributed by atoms with E-state index in [0.717, 1.165) is 11.8 Å². The van der Waals surface area contributed by atoms with Crippen molar-refractivity contribution in [3.63, 3.8) is 0 Å². The van der Waals surface area contributed by atoms with Crippen LogP contribution in [0.4, 0.5) is 8.78 Å². The standard InChI is InChI=1S/C10H11F2NOS/c11-10(12)1-2-13(7-10)4-8-3-9(5-14)15-6-8/h3,5-6H,1-2,4,7H2. The summed E-state index contributed by atoms with van der Waals surface area (Å²) in [5, 5.41) is 1.85. The molecule has 0 spiro atoms. The first-order chi connectivity index (χ1) is 7.09. The molecule has 15 heavy (non-hydrogen) atoms. The molecule has 0 aliphatic carbocycles. The van der Waals surface area contributed by atoms with Crippen molar-refractivity contribution >= 4 is 17.6 Å². The molecule has 1 saturated heterocycles. The van der Waals surface area contributed by atoms with Gasteiger partial charge in [-0.05, 0) is 17.0 Å². The highest BCUT2D eigenvalue weighted by atomic mass is 32.1. The zero-order valence-electron chi connectivity index (χ0n) is 8.08. The summed E-state index contributed by atoms with van der Waals surface area (Å²) in [5.74, 6) is -2.54. The van der Waals surface area contributed by atoms with Crippen molar-refractivity contribution in [1.29, 1.82) is 0 Å². The van der Waals surface area contributed by atoms with Gasteiger partial charge in [-0.1, -0.05) is 0 Å². The van der Waals surface area contributed by atoms with Gasteiger partial charge >= 0.3 is 0 Å². The molecule has 82 valence electrons. The SMILES string of the molecule is O=Cc1cc(CN2CCC(F)(F)C2)cs1. The molecule has 1 aliphatic heterocycles. The zero-order chi connectivity index (χ0) is 10.9. The molecule has 0 unspecified atom stereocenters. The third kappa shape index (κ3) is 2.60. The van der Waals surface area contributed by atoms with Gasteiger partial charge in [0.15, 0.2) is 6.29 Å². The number of rotatable bonds is 3. The number of aldehydes is 1. The Labute approximate surface area is 90.5 Å². The van der Waals surface area contributed by atoms with Gasteiger partial charge in [0, 0.05) is 19.5 Å². The van der Waals surface area contributed by atoms with Crippen LogP contribution < -0.4 is 0 Å². The van der Waals surface area contributed by atoms with Crippen molar-refractivity contribution in [2.45, 2.75) is 18.9 Å². The van der Waals surface area contributed by atoms with Crippen LogP contribution in [0.15, 0.2) is 11.4 Å². The fourth-order valence-corrected chi connectivity index (χ4v) is 2.44. The lowest BCUT2D eigenvalue weighted by molar-refractivity contribution is 0.0115. The molecule has 0 aromatic carbocycles. The van der Waals surface area contributed by atoms with Crippen LogP contribution in [0.5, 0.6) is 0 Å². The number of carbonyl (C=O) groups excluding carboxylic acids is 1. The van der Waals surface area contributed by atoms with Crippen molar-refractivity contribution in [2.75, 3.05) is 13.1 Å². The molecule has 1 aromatic heterocycles. The van der Waals surface area contributed by atoms with Crippen molar-refractivity contribution < 1.29 is 13.6 Å². The molecule has 0 bridgehead atoms. The summed E-state index contributed by atoms with van der Waals surface area (Å²) in [6.45, 7) is 0.776. The number of hydrogen-bond donors (Lipinski definition) is 0. The third-order valence-electron chi connectivity index (χ3n) is 2.45. The zero-order valence-corrected chi connectivity index (χ0v) is 8.90. The monoisotopic (exact) mass is 231 g/mol. The fourth-order valence-electron chi connectivity index (χ4n) is 1.74. The van der Waals surface area contributed by atoms with Crippen LogP contribution in [0.25, 0.3) is 0 Å². The molecule has 0 radical (unpaired) electrons. The minimum atomic E-state index is -2.54. The number of hydrogen-bond acceptors (Lipinski definition) is 3. The molecule has 1 aromatic rings. The summed E-state index contributed by atoms with van der Waals surface area (Å²) in [7, 11) is 0. The number of carbonyl (C=O) groups is 1. The number of alkyl halides is 2. The Bertz CT molecular complexity index is 364. The Hall–Kier alpha value is -0.810. The van der Waals surface area contributed by atoms with E-state index in [1.165, 1.54) is 11.3 Å². The maximum Gasteiger partial charge on any atom is 0.261 e. The predicted octanol–water partition coefficient (Wildman–Crippen LogP) is 2.40. The fraction of sp³-hybridized carbons (Fsp3) is 0.500. The van der Waals surface area contributed by atoms with Crippen LogP contribution in [0.1, 0.15) is 21.7 Å². The van der Waals surface area contributed by atoms with Gasteiger partial charge in [-0.25, -0.2) is 8.78 Å². The Morgan fingerprint density at radius 1 is 1.60 bits per heavy atom. The van der Waals surface area contributed by atoms with Crippen molar-refractivity contribution in [3.05, 3.63) is 21.9 Å². The highest BCUT2D eigenvalue weighted by Gasteiger charge is 2.37. The minimum absolute atomic E-state index is 0.0579. The lowest BCUT2D eigenvalue weighted by Gasteiger charge is -2.14. The molecule has 0 atom stereocenters. The maximum absolute atomic E-state index is 12.9. The molecule has 0 saturated carbocycles. The molecule has 0 N–H and O–H groups in total. The summed E-state index contributed by atoms with van der Waals surface area (Å²) in [4.78, 5) is 12.8. The van der Waals surface area contributed by atoms with E-state index in [2.05, 4.69) is 0 Å². The van der Waals surface area contributed by atoms with Gasteiger partial charge in [-0.3, -0.25) is 9.69 Å². The molecule has 0 amide bonds. The van der Waals surface area contributed by atoms with E-state index in [9.17, 15) is 13.6 Å². The topological polar surface area (TPSA) is 20.3 Å². The molecule has 2 heterocycles. The van der Waals surface area contributed by atoms with Crippen molar-refractivity contribution in [2.24, 2.45) is 0 Å². The molecular weight excluding hydrogens is 220 g/mol. The summed E-state index contributed by atoms with van der Waals surface area (Å²) < 4.78 is 25.7. The van der Waals surface area contributed by atoms with E-state index >= 15 is 0 Å². The van der Waals surface area contributed by atoms with Gasteiger partial charge in [-0.15, -0.1) is 11.3 Å². The number of likely N-dealkylation sites (tertiary alicyclic amines) is 1. The molecular formula is C10H11F2NOS. The Morgan fingerprint density at radius 3 is 2.93 bits per heavy atom. The van der Waals surface area contributed by atoms with Crippen LogP contribution in [-0.2, 0) is 6.54 Å². The maximum atomic E-state index is 12.9. The predicted molar refractivity (Wildman–Crippen MR) is 54.5 cm³/mol. The molecule has 1 fully saturated rings. The van der Waals surface area contributed by atoms with Crippen LogP contribution in [0.3, 0.4) is 0 Å². The summed E-state index contributed by atoms with van der Waals surface area (Å²) in [6, 6.07) is 1.76. The molecule has 2 rings (SSSR count). The molecule has 5 heteroatoms. The van der Waals surface area contributed by atoms with Crippen LogP contribution in [-0.4, -0.2) is 30.2 Å². The van der Waals surface area contributed by atoms with E-state index < -0.39 is 5.92 Å². The largest absolute Gasteiger partial charge is 0.297 e. The van der Waals surface area contributed by atoms with Gasteiger partial charge in [0.25, 0.3) is 5.92 Å². The Kier molecular flexibility index (Phi) is 2.84. The molecule has 2 nitrogen and oxygen atoms in total. The average Bonchev–Trinajstić information content (AvgIpc) is 2.73.